The van der Waals surface area contributed by atoms with Gasteiger partial charge < -0.3 is 10.2 Å². The third-order valence-corrected chi connectivity index (χ3v) is 3.52. The summed E-state index contributed by atoms with van der Waals surface area (Å²) < 4.78 is 0. The number of carbonyl (C=O) groups excluding carboxylic acids is 1. The first-order chi connectivity index (χ1) is 8.25. The number of carbonyl (C=O) groups is 1. The molecule has 1 N–H and O–H groups in total. The van der Waals surface area contributed by atoms with E-state index in [1.807, 2.05) is 11.8 Å². The Labute approximate surface area is 106 Å². The summed E-state index contributed by atoms with van der Waals surface area (Å²) in [6, 6.07) is 0.0117. The fourth-order valence-corrected chi connectivity index (χ4v) is 2.36. The lowest BCUT2D eigenvalue weighted by Crippen LogP contribution is -2.42. The zero-order valence-electron chi connectivity index (χ0n) is 11.5. The van der Waals surface area contributed by atoms with Crippen molar-refractivity contribution in [1.82, 2.24) is 10.2 Å². The second-order valence-electron chi connectivity index (χ2n) is 5.12. The minimum Gasteiger partial charge on any atom is -0.341 e. The Morgan fingerprint density at radius 2 is 1.94 bits per heavy atom. The molecule has 1 saturated heterocycles. The van der Waals surface area contributed by atoms with Crippen LogP contribution in [0.5, 0.6) is 0 Å². The van der Waals surface area contributed by atoms with E-state index < -0.39 is 0 Å². The molecule has 1 heterocycles. The van der Waals surface area contributed by atoms with E-state index >= 15 is 0 Å². The first-order valence-electron chi connectivity index (χ1n) is 7.28. The van der Waals surface area contributed by atoms with Gasteiger partial charge in [0.05, 0.1) is 6.04 Å². The van der Waals surface area contributed by atoms with E-state index in [1.54, 1.807) is 0 Å². The van der Waals surface area contributed by atoms with Crippen LogP contribution in [0.15, 0.2) is 0 Å². The van der Waals surface area contributed by atoms with E-state index in [-0.39, 0.29) is 11.9 Å². The predicted molar refractivity (Wildman–Crippen MR) is 72.0 cm³/mol. The topological polar surface area (TPSA) is 32.3 Å². The maximum atomic E-state index is 12.0. The summed E-state index contributed by atoms with van der Waals surface area (Å²) in [7, 11) is 0. The minimum atomic E-state index is 0.0117. The molecule has 1 atom stereocenters. The molecule has 0 aromatic heterocycles. The molecular formula is C14H28N2O. The lowest BCUT2D eigenvalue weighted by Gasteiger charge is -2.22. The average molecular weight is 240 g/mol. The predicted octanol–water partition coefficient (Wildman–Crippen LogP) is 2.56. The molecule has 0 spiro atoms. The van der Waals surface area contributed by atoms with Crippen LogP contribution in [0.2, 0.25) is 0 Å². The third kappa shape index (κ3) is 5.53. The summed E-state index contributed by atoms with van der Waals surface area (Å²) in [5.41, 5.74) is 0. The minimum absolute atomic E-state index is 0.0117. The van der Waals surface area contributed by atoms with Gasteiger partial charge in [0.1, 0.15) is 0 Å². The Balaban J connectivity index is 2.14. The molecule has 0 aromatic carbocycles. The summed E-state index contributed by atoms with van der Waals surface area (Å²) in [6.07, 6.45) is 8.85. The van der Waals surface area contributed by atoms with Crippen molar-refractivity contribution >= 4 is 5.91 Å². The molecule has 1 aliphatic heterocycles. The van der Waals surface area contributed by atoms with Crippen LogP contribution < -0.4 is 5.32 Å². The third-order valence-electron chi connectivity index (χ3n) is 3.52. The van der Waals surface area contributed by atoms with Crippen molar-refractivity contribution < 1.29 is 4.79 Å². The number of rotatable bonds is 7. The smallest absolute Gasteiger partial charge is 0.239 e. The molecule has 0 saturated carbocycles. The van der Waals surface area contributed by atoms with Gasteiger partial charge in [-0.25, -0.2) is 0 Å². The SMILES string of the molecule is CCCCCCCCN1CCCNC(C)C1=O. The molecule has 1 unspecified atom stereocenters. The summed E-state index contributed by atoms with van der Waals surface area (Å²) >= 11 is 0. The fourth-order valence-electron chi connectivity index (χ4n) is 2.36. The number of nitrogens with zero attached hydrogens (tertiary/aromatic N) is 1. The van der Waals surface area contributed by atoms with Crippen LogP contribution >= 0.6 is 0 Å². The largest absolute Gasteiger partial charge is 0.341 e. The molecule has 17 heavy (non-hydrogen) atoms. The number of unbranched alkanes of at least 4 members (excludes halogenated alkanes) is 5. The van der Waals surface area contributed by atoms with E-state index in [4.69, 9.17) is 0 Å². The Morgan fingerprint density at radius 1 is 1.24 bits per heavy atom. The van der Waals surface area contributed by atoms with Gasteiger partial charge in [-0.05, 0) is 26.3 Å². The molecular weight excluding hydrogens is 212 g/mol. The van der Waals surface area contributed by atoms with Crippen molar-refractivity contribution in [1.29, 1.82) is 0 Å². The monoisotopic (exact) mass is 240 g/mol. The van der Waals surface area contributed by atoms with Crippen LogP contribution in [0.25, 0.3) is 0 Å². The molecule has 1 fully saturated rings. The number of hydrogen-bond acceptors (Lipinski definition) is 2. The van der Waals surface area contributed by atoms with Crippen molar-refractivity contribution in [2.75, 3.05) is 19.6 Å². The first kappa shape index (κ1) is 14.5. The van der Waals surface area contributed by atoms with Gasteiger partial charge in [-0.15, -0.1) is 0 Å². The molecule has 3 nitrogen and oxygen atoms in total. The van der Waals surface area contributed by atoms with Gasteiger partial charge in [0, 0.05) is 13.1 Å². The molecule has 0 aliphatic carbocycles. The van der Waals surface area contributed by atoms with Crippen LogP contribution in [0.4, 0.5) is 0 Å². The highest BCUT2D eigenvalue weighted by molar-refractivity contribution is 5.81. The van der Waals surface area contributed by atoms with Crippen molar-refractivity contribution in [2.24, 2.45) is 0 Å². The summed E-state index contributed by atoms with van der Waals surface area (Å²) in [4.78, 5) is 14.0. The molecule has 1 rings (SSSR count). The zero-order chi connectivity index (χ0) is 12.5. The highest BCUT2D eigenvalue weighted by Gasteiger charge is 2.21. The van der Waals surface area contributed by atoms with Gasteiger partial charge in [0.2, 0.25) is 5.91 Å². The Kier molecular flexibility index (Phi) is 7.25. The highest BCUT2D eigenvalue weighted by atomic mass is 16.2. The van der Waals surface area contributed by atoms with Crippen molar-refractivity contribution in [3.63, 3.8) is 0 Å². The van der Waals surface area contributed by atoms with E-state index in [0.29, 0.717) is 0 Å². The van der Waals surface area contributed by atoms with Crippen molar-refractivity contribution in [2.45, 2.75) is 64.8 Å². The normalized spacial score (nSPS) is 21.6. The van der Waals surface area contributed by atoms with Crippen LogP contribution in [0.1, 0.15) is 58.8 Å². The molecule has 0 radical (unpaired) electrons. The lowest BCUT2D eigenvalue weighted by atomic mass is 10.1. The van der Waals surface area contributed by atoms with Crippen molar-refractivity contribution in [3.8, 4) is 0 Å². The summed E-state index contributed by atoms with van der Waals surface area (Å²) in [5, 5.41) is 3.25. The van der Waals surface area contributed by atoms with Crippen molar-refractivity contribution in [3.05, 3.63) is 0 Å². The Hall–Kier alpha value is -0.570. The number of nitrogens with one attached hydrogen (secondary N) is 1. The Morgan fingerprint density at radius 3 is 2.71 bits per heavy atom. The number of amides is 1. The van der Waals surface area contributed by atoms with E-state index in [1.165, 1.54) is 38.5 Å². The standard InChI is InChI=1S/C14H28N2O/c1-3-4-5-6-7-8-11-16-12-9-10-15-13(2)14(16)17/h13,15H,3-12H2,1-2H3. The van der Waals surface area contributed by atoms with Gasteiger partial charge in [0.25, 0.3) is 0 Å². The quantitative estimate of drug-likeness (QED) is 0.694. The fraction of sp³-hybridized carbons (Fsp3) is 0.929. The maximum absolute atomic E-state index is 12.0. The lowest BCUT2D eigenvalue weighted by molar-refractivity contribution is -0.132. The van der Waals surface area contributed by atoms with E-state index in [2.05, 4.69) is 12.2 Å². The molecule has 0 bridgehead atoms. The maximum Gasteiger partial charge on any atom is 0.239 e. The molecule has 100 valence electrons. The van der Waals surface area contributed by atoms with E-state index in [9.17, 15) is 4.79 Å². The van der Waals surface area contributed by atoms with Gasteiger partial charge in [-0.2, -0.15) is 0 Å². The molecule has 1 aliphatic rings. The van der Waals surface area contributed by atoms with Gasteiger partial charge in [-0.1, -0.05) is 39.0 Å². The van der Waals surface area contributed by atoms with E-state index in [0.717, 1.165) is 26.1 Å². The van der Waals surface area contributed by atoms with Gasteiger partial charge >= 0.3 is 0 Å². The van der Waals surface area contributed by atoms with Gasteiger partial charge in [0.15, 0.2) is 0 Å². The molecule has 0 aromatic rings. The first-order valence-corrected chi connectivity index (χ1v) is 7.28. The molecule has 1 amide bonds. The summed E-state index contributed by atoms with van der Waals surface area (Å²) in [5.74, 6) is 0.288. The second kappa shape index (κ2) is 8.51. The average Bonchev–Trinajstić information content (AvgIpc) is 2.48. The Bertz CT molecular complexity index is 218. The van der Waals surface area contributed by atoms with Crippen LogP contribution in [-0.4, -0.2) is 36.5 Å². The molecule has 3 heteroatoms. The summed E-state index contributed by atoms with van der Waals surface area (Å²) in [6.45, 7) is 7.08. The van der Waals surface area contributed by atoms with Gasteiger partial charge in [-0.3, -0.25) is 4.79 Å². The highest BCUT2D eigenvalue weighted by Crippen LogP contribution is 2.08. The van der Waals surface area contributed by atoms with Crippen LogP contribution in [-0.2, 0) is 4.79 Å². The number of hydrogen-bond donors (Lipinski definition) is 1. The second-order valence-corrected chi connectivity index (χ2v) is 5.12. The zero-order valence-corrected chi connectivity index (χ0v) is 11.5. The van der Waals surface area contributed by atoms with Crippen LogP contribution in [0, 0.1) is 0 Å². The van der Waals surface area contributed by atoms with Crippen LogP contribution in [0.3, 0.4) is 0 Å².